The van der Waals surface area contributed by atoms with Gasteiger partial charge in [0.2, 0.25) is 0 Å². The van der Waals surface area contributed by atoms with Gasteiger partial charge in [0.15, 0.2) is 5.65 Å². The van der Waals surface area contributed by atoms with Crippen LogP contribution in [0, 0.1) is 0 Å². The molecule has 0 radical (unpaired) electrons. The highest BCUT2D eigenvalue weighted by atomic mass is 32.2. The topological polar surface area (TPSA) is 66.7 Å². The summed E-state index contributed by atoms with van der Waals surface area (Å²) in [5, 5.41) is 6.31. The number of rotatable bonds is 7. The van der Waals surface area contributed by atoms with E-state index in [1.807, 2.05) is 36.0 Å². The number of amides is 1. The van der Waals surface area contributed by atoms with Crippen LogP contribution in [-0.2, 0) is 4.74 Å². The molecule has 2 aromatic heterocycles. The summed E-state index contributed by atoms with van der Waals surface area (Å²) in [5.74, 6) is 1.23. The fourth-order valence-electron chi connectivity index (χ4n) is 6.03. The van der Waals surface area contributed by atoms with E-state index >= 15 is 0 Å². The molecule has 38 heavy (non-hydrogen) atoms. The molecule has 8 nitrogen and oxygen atoms in total. The molecule has 1 aliphatic carbocycles. The molecule has 3 aromatic rings. The maximum atomic E-state index is 13.5. The number of anilines is 1. The zero-order chi connectivity index (χ0) is 26.1. The van der Waals surface area contributed by atoms with E-state index in [0.717, 1.165) is 98.9 Å². The number of para-hydroxylation sites is 1. The molecule has 2 saturated heterocycles. The Hall–Kier alpha value is -2.62. The predicted octanol–water partition coefficient (Wildman–Crippen LogP) is 4.73. The number of hydrogen-bond acceptors (Lipinski definition) is 7. The summed E-state index contributed by atoms with van der Waals surface area (Å²) in [7, 11) is 1.84. The van der Waals surface area contributed by atoms with Crippen molar-refractivity contribution in [3.63, 3.8) is 0 Å². The Morgan fingerprint density at radius 2 is 1.82 bits per heavy atom. The van der Waals surface area contributed by atoms with Crippen molar-refractivity contribution in [3.8, 4) is 5.69 Å². The number of nitrogens with zero attached hydrogens (tertiary/aromatic N) is 6. The van der Waals surface area contributed by atoms with E-state index in [0.29, 0.717) is 17.7 Å². The number of hydrogen-bond donors (Lipinski definition) is 0. The van der Waals surface area contributed by atoms with Gasteiger partial charge in [0.1, 0.15) is 5.69 Å². The Morgan fingerprint density at radius 1 is 1.08 bits per heavy atom. The largest absolute Gasteiger partial charge is 0.379 e. The van der Waals surface area contributed by atoms with Gasteiger partial charge >= 0.3 is 0 Å². The Balaban J connectivity index is 1.43. The maximum Gasteiger partial charge on any atom is 0.282 e. The van der Waals surface area contributed by atoms with Crippen molar-refractivity contribution in [2.45, 2.75) is 51.0 Å². The molecule has 6 rings (SSSR count). The summed E-state index contributed by atoms with van der Waals surface area (Å²) in [4.78, 5) is 23.6. The normalized spacial score (nSPS) is 19.6. The van der Waals surface area contributed by atoms with Gasteiger partial charge in [-0.3, -0.25) is 14.0 Å². The number of pyridine rings is 1. The Kier molecular flexibility index (Phi) is 7.59. The van der Waals surface area contributed by atoms with Gasteiger partial charge < -0.3 is 9.64 Å². The lowest BCUT2D eigenvalue weighted by atomic mass is 9.82. The summed E-state index contributed by atoms with van der Waals surface area (Å²) in [6.45, 7) is 7.72. The zero-order valence-corrected chi connectivity index (χ0v) is 23.3. The van der Waals surface area contributed by atoms with E-state index in [1.54, 1.807) is 4.31 Å². The first kappa shape index (κ1) is 25.6. The molecule has 9 heteroatoms. The summed E-state index contributed by atoms with van der Waals surface area (Å²) < 4.78 is 9.26. The van der Waals surface area contributed by atoms with Gasteiger partial charge in [-0.1, -0.05) is 31.5 Å². The average Bonchev–Trinajstić information content (AvgIpc) is 3.31. The molecular formula is C29H38N6O2S. The zero-order valence-electron chi connectivity index (χ0n) is 22.5. The van der Waals surface area contributed by atoms with Crippen LogP contribution in [-0.4, -0.2) is 88.1 Å². The van der Waals surface area contributed by atoms with Crippen molar-refractivity contribution < 1.29 is 9.53 Å². The lowest BCUT2D eigenvalue weighted by molar-refractivity contribution is 0.0115. The van der Waals surface area contributed by atoms with Gasteiger partial charge in [-0.25, -0.2) is 9.67 Å². The van der Waals surface area contributed by atoms with Crippen molar-refractivity contribution in [1.29, 1.82) is 0 Å². The second kappa shape index (κ2) is 11.2. The third-order valence-electron chi connectivity index (χ3n) is 8.33. The van der Waals surface area contributed by atoms with Gasteiger partial charge in [0.05, 0.1) is 35.7 Å². The van der Waals surface area contributed by atoms with E-state index < -0.39 is 0 Å². The minimum Gasteiger partial charge on any atom is -0.379 e. The molecule has 0 N–H and O–H groups in total. The van der Waals surface area contributed by atoms with Crippen LogP contribution in [0.4, 0.5) is 5.69 Å². The smallest absolute Gasteiger partial charge is 0.282 e. The molecule has 4 heterocycles. The fraction of sp³-hybridized carbons (Fsp3) is 0.552. The first-order valence-corrected chi connectivity index (χ1v) is 15.0. The van der Waals surface area contributed by atoms with Crippen LogP contribution in [0.3, 0.4) is 0 Å². The first-order chi connectivity index (χ1) is 18.6. The van der Waals surface area contributed by atoms with Crippen molar-refractivity contribution in [2.24, 2.45) is 0 Å². The third kappa shape index (κ3) is 4.92. The highest BCUT2D eigenvalue weighted by molar-refractivity contribution is 7.97. The highest BCUT2D eigenvalue weighted by Crippen LogP contribution is 2.43. The molecule has 0 unspecified atom stereocenters. The Labute approximate surface area is 229 Å². The van der Waals surface area contributed by atoms with Gasteiger partial charge in [-0.15, -0.1) is 0 Å². The molecule has 1 aromatic carbocycles. The molecule has 3 aliphatic rings. The van der Waals surface area contributed by atoms with Crippen LogP contribution in [0.25, 0.3) is 16.7 Å². The average molecular weight is 535 g/mol. The van der Waals surface area contributed by atoms with E-state index in [2.05, 4.69) is 28.9 Å². The van der Waals surface area contributed by atoms with Crippen molar-refractivity contribution in [1.82, 2.24) is 24.0 Å². The minimum atomic E-state index is -0.0609. The number of carbonyl (C=O) groups is 1. The van der Waals surface area contributed by atoms with E-state index in [1.165, 1.54) is 18.4 Å². The lowest BCUT2D eigenvalue weighted by Gasteiger charge is -2.41. The monoisotopic (exact) mass is 534 g/mol. The predicted molar refractivity (Wildman–Crippen MR) is 153 cm³/mol. The fourth-order valence-corrected chi connectivity index (χ4v) is 6.62. The number of benzene rings is 1. The van der Waals surface area contributed by atoms with Crippen LogP contribution in [0.5, 0.6) is 0 Å². The van der Waals surface area contributed by atoms with Gasteiger partial charge in [-0.05, 0) is 55.8 Å². The molecule has 1 saturated carbocycles. The second-order valence-corrected chi connectivity index (χ2v) is 12.0. The second-order valence-electron chi connectivity index (χ2n) is 10.6. The van der Waals surface area contributed by atoms with Gasteiger partial charge in [0.25, 0.3) is 5.91 Å². The van der Waals surface area contributed by atoms with Crippen LogP contribution >= 0.6 is 11.9 Å². The number of morpholine rings is 1. The van der Waals surface area contributed by atoms with E-state index in [4.69, 9.17) is 14.8 Å². The third-order valence-corrected chi connectivity index (χ3v) is 9.14. The molecular weight excluding hydrogens is 496 g/mol. The van der Waals surface area contributed by atoms with Gasteiger partial charge in [0, 0.05) is 50.9 Å². The van der Waals surface area contributed by atoms with Gasteiger partial charge in [-0.2, -0.15) is 5.10 Å². The SMILES string of the molecule is CCSN(C)C(=O)c1cc(N2CCC(N3CCOCC3)CC2)c2c(C3CCC3)nn(-c3ccccc3)c2n1. The summed E-state index contributed by atoms with van der Waals surface area (Å²) in [6, 6.07) is 12.9. The maximum absolute atomic E-state index is 13.5. The quantitative estimate of drug-likeness (QED) is 0.406. The number of aromatic nitrogens is 3. The molecule has 0 atom stereocenters. The summed E-state index contributed by atoms with van der Waals surface area (Å²) in [5.41, 5.74) is 4.53. The standard InChI is InChI=1S/C29H38N6O2S/c1-3-38-32(2)29(36)24-20-25(34-14-12-22(13-15-34)33-16-18-37-19-17-33)26-27(21-8-7-9-21)31-35(28(26)30-24)23-10-5-4-6-11-23/h4-6,10-11,20-22H,3,7-9,12-19H2,1-2H3. The number of ether oxygens (including phenoxy) is 1. The number of fused-ring (bicyclic) bond motifs is 1. The van der Waals surface area contributed by atoms with Crippen molar-refractivity contribution in [2.75, 3.05) is 57.1 Å². The van der Waals surface area contributed by atoms with Crippen LogP contribution in [0.15, 0.2) is 36.4 Å². The Bertz CT molecular complexity index is 1260. The molecule has 2 aliphatic heterocycles. The van der Waals surface area contributed by atoms with Crippen molar-refractivity contribution in [3.05, 3.63) is 47.8 Å². The molecule has 202 valence electrons. The highest BCUT2D eigenvalue weighted by Gasteiger charge is 2.33. The Morgan fingerprint density at radius 3 is 2.47 bits per heavy atom. The van der Waals surface area contributed by atoms with E-state index in [-0.39, 0.29) is 5.91 Å². The molecule has 3 fully saturated rings. The van der Waals surface area contributed by atoms with Crippen LogP contribution < -0.4 is 4.90 Å². The summed E-state index contributed by atoms with van der Waals surface area (Å²) >= 11 is 1.51. The first-order valence-electron chi connectivity index (χ1n) is 14.1. The van der Waals surface area contributed by atoms with Crippen LogP contribution in [0.1, 0.15) is 61.1 Å². The van der Waals surface area contributed by atoms with E-state index in [9.17, 15) is 4.79 Å². The molecule has 0 bridgehead atoms. The van der Waals surface area contributed by atoms with Crippen LogP contribution in [0.2, 0.25) is 0 Å². The van der Waals surface area contributed by atoms with Crippen molar-refractivity contribution >= 4 is 34.6 Å². The lowest BCUT2D eigenvalue weighted by Crippen LogP contribution is -2.49. The molecule has 1 amide bonds. The minimum absolute atomic E-state index is 0.0609. The summed E-state index contributed by atoms with van der Waals surface area (Å²) in [6.07, 6.45) is 5.80. The number of piperidine rings is 1. The molecule has 0 spiro atoms. The number of carbonyl (C=O) groups excluding carboxylic acids is 1.